The molecule has 5 nitrogen and oxygen atoms in total. The third-order valence-corrected chi connectivity index (χ3v) is 1.47. The number of aliphatic imine (C=N–C) groups is 1. The fourth-order valence-electron chi connectivity index (χ4n) is 0.920. The second kappa shape index (κ2) is 5.10. The van der Waals surface area contributed by atoms with E-state index in [0.717, 1.165) is 5.56 Å². The number of nitrogens with zero attached hydrogens (tertiary/aromatic N) is 2. The number of nitrogen functional groups attached to an aromatic ring is 1. The summed E-state index contributed by atoms with van der Waals surface area (Å²) in [6, 6.07) is 3.60. The van der Waals surface area contributed by atoms with Crippen molar-refractivity contribution in [1.82, 2.24) is 4.98 Å². The minimum absolute atomic E-state index is 0. The van der Waals surface area contributed by atoms with Crippen LogP contribution in [0.15, 0.2) is 23.3 Å². The molecule has 13 heavy (non-hydrogen) atoms. The van der Waals surface area contributed by atoms with Gasteiger partial charge in [-0.05, 0) is 12.1 Å². The van der Waals surface area contributed by atoms with Crippen LogP contribution in [0, 0.1) is 0 Å². The molecule has 0 aromatic carbocycles. The lowest BCUT2D eigenvalue weighted by Crippen LogP contribution is -2.07. The fraction of sp³-hybridized carbons (Fsp3) is 0.250. The highest BCUT2D eigenvalue weighted by Crippen LogP contribution is 2.08. The smallest absolute Gasteiger partial charge is 0.219 e. The van der Waals surface area contributed by atoms with Gasteiger partial charge in [0.2, 0.25) is 5.90 Å². The van der Waals surface area contributed by atoms with E-state index in [1.165, 1.54) is 0 Å². The van der Waals surface area contributed by atoms with Crippen LogP contribution in [-0.4, -0.2) is 30.5 Å². The van der Waals surface area contributed by atoms with E-state index in [1.807, 2.05) is 6.07 Å². The molecule has 0 saturated carbocycles. The van der Waals surface area contributed by atoms with Crippen molar-refractivity contribution in [2.24, 2.45) is 4.99 Å². The molecule has 0 atom stereocenters. The molecule has 0 aliphatic carbocycles. The third kappa shape index (κ3) is 2.41. The maximum absolute atomic E-state index is 5.60. The van der Waals surface area contributed by atoms with E-state index in [0.29, 0.717) is 11.7 Å². The Morgan fingerprint density at radius 3 is 2.85 bits per heavy atom. The predicted molar refractivity (Wildman–Crippen MR) is 53.8 cm³/mol. The van der Waals surface area contributed by atoms with Gasteiger partial charge in [-0.15, -0.1) is 0 Å². The monoisotopic (exact) mass is 185 g/mol. The van der Waals surface area contributed by atoms with Gasteiger partial charge in [0.05, 0.1) is 12.7 Å². The Hall–Kier alpha value is -1.62. The zero-order valence-electron chi connectivity index (χ0n) is 7.61. The van der Waals surface area contributed by atoms with Gasteiger partial charge in [-0.1, -0.05) is 0 Å². The Balaban J connectivity index is 0. The van der Waals surface area contributed by atoms with Gasteiger partial charge in [-0.25, -0.2) is 4.98 Å². The summed E-state index contributed by atoms with van der Waals surface area (Å²) in [5.74, 6) is 0.931. The van der Waals surface area contributed by atoms with E-state index in [9.17, 15) is 0 Å². The standard InChI is InChI=1S/C8H11N3O.H2O.H2/c1-10-8(12-2)6-4-3-5-11-7(6)9;;/h3-5H,1-2H3,(H2,9,11);1H2;1H. The summed E-state index contributed by atoms with van der Waals surface area (Å²) in [6.07, 6.45) is 1.63. The van der Waals surface area contributed by atoms with E-state index < -0.39 is 0 Å². The minimum Gasteiger partial charge on any atom is -0.481 e. The van der Waals surface area contributed by atoms with Crippen LogP contribution in [0.1, 0.15) is 6.99 Å². The van der Waals surface area contributed by atoms with E-state index in [-0.39, 0.29) is 6.90 Å². The summed E-state index contributed by atoms with van der Waals surface area (Å²) in [6.45, 7) is 0. The molecule has 0 aliphatic rings. The number of methoxy groups -OCH3 is 1. The number of hydrogen-bond acceptors (Lipinski definition) is 4. The number of aromatic nitrogens is 1. The van der Waals surface area contributed by atoms with Gasteiger partial charge in [0.25, 0.3) is 0 Å². The number of hydrogen-bond donors (Lipinski definition) is 1. The molecule has 1 aromatic heterocycles. The van der Waals surface area contributed by atoms with E-state index in [2.05, 4.69) is 9.98 Å². The number of pyridine rings is 1. The second-order valence-electron chi connectivity index (χ2n) is 2.17. The van der Waals surface area contributed by atoms with Gasteiger partial charge < -0.3 is 15.9 Å². The van der Waals surface area contributed by atoms with Crippen LogP contribution in [0.2, 0.25) is 0 Å². The number of ether oxygens (including phenoxy) is 1. The Morgan fingerprint density at radius 2 is 2.38 bits per heavy atom. The molecule has 74 valence electrons. The van der Waals surface area contributed by atoms with Crippen molar-refractivity contribution >= 4 is 11.7 Å². The highest BCUT2D eigenvalue weighted by molar-refractivity contribution is 5.97. The zero-order chi connectivity index (χ0) is 8.97. The third-order valence-electron chi connectivity index (χ3n) is 1.47. The van der Waals surface area contributed by atoms with Gasteiger partial charge in [0.1, 0.15) is 5.82 Å². The lowest BCUT2D eigenvalue weighted by atomic mass is 10.2. The first-order valence-electron chi connectivity index (χ1n) is 3.51. The normalized spacial score (nSPS) is 10.5. The van der Waals surface area contributed by atoms with E-state index in [1.54, 1.807) is 26.4 Å². The van der Waals surface area contributed by atoms with Crippen molar-refractivity contribution < 1.29 is 11.6 Å². The topological polar surface area (TPSA) is 92.0 Å². The van der Waals surface area contributed by atoms with E-state index in [4.69, 9.17) is 10.5 Å². The van der Waals surface area contributed by atoms with Gasteiger partial charge in [0.15, 0.2) is 0 Å². The van der Waals surface area contributed by atoms with Crippen molar-refractivity contribution in [3.63, 3.8) is 0 Å². The summed E-state index contributed by atoms with van der Waals surface area (Å²) in [4.78, 5) is 7.82. The number of anilines is 1. The Labute approximate surface area is 78.1 Å². The van der Waals surface area contributed by atoms with Gasteiger partial charge in [-0.3, -0.25) is 4.99 Å². The predicted octanol–water partition coefficient (Wildman–Crippen LogP) is 0.108. The molecule has 0 radical (unpaired) electrons. The highest BCUT2D eigenvalue weighted by Gasteiger charge is 2.05. The average molecular weight is 185 g/mol. The Morgan fingerprint density at radius 1 is 1.69 bits per heavy atom. The largest absolute Gasteiger partial charge is 0.481 e. The molecular weight excluding hydrogens is 170 g/mol. The lowest BCUT2D eigenvalue weighted by Gasteiger charge is -2.04. The average Bonchev–Trinajstić information content (AvgIpc) is 2.10. The van der Waals surface area contributed by atoms with Crippen LogP contribution in [0.4, 0.5) is 5.82 Å². The first kappa shape index (κ1) is 11.4. The molecule has 4 N–H and O–H groups in total. The number of rotatable bonds is 1. The van der Waals surface area contributed by atoms with Crippen LogP contribution >= 0.6 is 0 Å². The number of nitrogens with two attached hydrogens (primary N) is 1. The van der Waals surface area contributed by atoms with Crippen LogP contribution in [0.3, 0.4) is 0 Å². The summed E-state index contributed by atoms with van der Waals surface area (Å²) in [5, 5.41) is 0. The zero-order valence-corrected chi connectivity index (χ0v) is 7.61. The Bertz CT molecular complexity index is 304. The maximum Gasteiger partial charge on any atom is 0.219 e. The summed E-state index contributed by atoms with van der Waals surface area (Å²) < 4.78 is 5.00. The fourth-order valence-corrected chi connectivity index (χ4v) is 0.920. The maximum atomic E-state index is 5.60. The molecule has 0 saturated heterocycles. The molecule has 1 heterocycles. The van der Waals surface area contributed by atoms with Crippen molar-refractivity contribution in [2.75, 3.05) is 19.9 Å². The van der Waals surface area contributed by atoms with Gasteiger partial charge >= 0.3 is 0 Å². The van der Waals surface area contributed by atoms with Crippen LogP contribution in [0.25, 0.3) is 0 Å². The summed E-state index contributed by atoms with van der Waals surface area (Å²) in [5.41, 5.74) is 6.33. The van der Waals surface area contributed by atoms with Crippen LogP contribution in [-0.2, 0) is 4.74 Å². The molecule has 0 amide bonds. The molecule has 0 bridgehead atoms. The summed E-state index contributed by atoms with van der Waals surface area (Å²) in [7, 11) is 3.19. The van der Waals surface area contributed by atoms with Crippen molar-refractivity contribution in [2.45, 2.75) is 0 Å². The summed E-state index contributed by atoms with van der Waals surface area (Å²) >= 11 is 0. The molecular formula is C8H15N3O2. The van der Waals surface area contributed by atoms with Crippen molar-refractivity contribution in [1.29, 1.82) is 0 Å². The van der Waals surface area contributed by atoms with Gasteiger partial charge in [-0.2, -0.15) is 0 Å². The van der Waals surface area contributed by atoms with Crippen LogP contribution in [0.5, 0.6) is 0 Å². The molecule has 1 aromatic rings. The molecule has 5 heteroatoms. The van der Waals surface area contributed by atoms with Crippen molar-refractivity contribution in [3.05, 3.63) is 23.9 Å². The SMILES string of the molecule is CN=C(OC)c1cccnc1N.O.[HH]. The first-order valence-corrected chi connectivity index (χ1v) is 3.51. The highest BCUT2D eigenvalue weighted by atomic mass is 16.5. The molecule has 0 fully saturated rings. The first-order chi connectivity index (χ1) is 5.79. The molecule has 0 spiro atoms. The molecule has 0 aliphatic heterocycles. The molecule has 0 unspecified atom stereocenters. The Kier molecular flexibility index (Phi) is 4.47. The lowest BCUT2D eigenvalue weighted by molar-refractivity contribution is 0.404. The van der Waals surface area contributed by atoms with Gasteiger partial charge in [0, 0.05) is 14.7 Å². The minimum atomic E-state index is 0. The van der Waals surface area contributed by atoms with E-state index >= 15 is 0 Å². The quantitative estimate of drug-likeness (QED) is 0.497. The van der Waals surface area contributed by atoms with Crippen LogP contribution < -0.4 is 5.73 Å². The molecule has 1 rings (SSSR count). The second-order valence-corrected chi connectivity index (χ2v) is 2.17. The van der Waals surface area contributed by atoms with Crippen molar-refractivity contribution in [3.8, 4) is 0 Å².